The van der Waals surface area contributed by atoms with Crippen LogP contribution in [0.25, 0.3) is 0 Å². The molecule has 30 heavy (non-hydrogen) atoms. The third kappa shape index (κ3) is 5.51. The first-order valence-corrected chi connectivity index (χ1v) is 10.8. The van der Waals surface area contributed by atoms with Gasteiger partial charge in [-0.3, -0.25) is 9.52 Å². The molecule has 1 fully saturated rings. The number of carbonyl (C=O) groups is 1. The fourth-order valence-electron chi connectivity index (χ4n) is 3.25. The molecule has 162 valence electrons. The average molecular weight is 442 g/mol. The number of rotatable bonds is 5. The van der Waals surface area contributed by atoms with Crippen molar-refractivity contribution in [3.63, 3.8) is 0 Å². The molecule has 1 amide bonds. The van der Waals surface area contributed by atoms with E-state index in [4.69, 9.17) is 0 Å². The van der Waals surface area contributed by atoms with Crippen molar-refractivity contribution in [1.82, 2.24) is 5.32 Å². The number of aliphatic hydroxyl groups excluding tert-OH is 1. The Morgan fingerprint density at radius 3 is 2.23 bits per heavy atom. The van der Waals surface area contributed by atoms with Crippen LogP contribution < -0.4 is 10.0 Å². The Labute approximate surface area is 172 Å². The molecule has 0 heterocycles. The maximum atomic E-state index is 12.8. The minimum atomic E-state index is -4.59. The molecule has 1 saturated carbocycles. The fraction of sp³-hybridized carbons (Fsp3) is 0.350. The Hall–Kier alpha value is -2.59. The second-order valence-corrected chi connectivity index (χ2v) is 8.87. The Kier molecular flexibility index (Phi) is 6.37. The summed E-state index contributed by atoms with van der Waals surface area (Å²) in [5, 5.41) is 12.4. The lowest BCUT2D eigenvalue weighted by Crippen LogP contribution is -2.38. The summed E-state index contributed by atoms with van der Waals surface area (Å²) in [5.41, 5.74) is -0.921. The number of anilines is 1. The second-order valence-electron chi connectivity index (χ2n) is 7.19. The molecule has 0 unspecified atom stereocenters. The van der Waals surface area contributed by atoms with Crippen LogP contribution in [-0.4, -0.2) is 31.6 Å². The number of hydrogen-bond donors (Lipinski definition) is 3. The molecular formula is C20H21F3N2O4S. The van der Waals surface area contributed by atoms with E-state index in [2.05, 4.69) is 10.0 Å². The van der Waals surface area contributed by atoms with Crippen LogP contribution in [0, 0.1) is 0 Å². The Bertz CT molecular complexity index is 999. The molecule has 0 bridgehead atoms. The first-order valence-electron chi connectivity index (χ1n) is 9.34. The first-order chi connectivity index (χ1) is 14.0. The van der Waals surface area contributed by atoms with Crippen LogP contribution in [0.1, 0.15) is 41.6 Å². The number of carbonyl (C=O) groups excluding carboxylic acids is 1. The monoisotopic (exact) mass is 442 g/mol. The Morgan fingerprint density at radius 2 is 1.63 bits per heavy atom. The minimum Gasteiger partial charge on any atom is -0.393 e. The van der Waals surface area contributed by atoms with Crippen molar-refractivity contribution >= 4 is 21.6 Å². The molecule has 1 aliphatic rings. The van der Waals surface area contributed by atoms with Gasteiger partial charge in [-0.25, -0.2) is 8.42 Å². The summed E-state index contributed by atoms with van der Waals surface area (Å²) in [4.78, 5) is 12.1. The number of aliphatic hydroxyl groups is 1. The fourth-order valence-corrected chi connectivity index (χ4v) is 4.30. The molecule has 0 aliphatic heterocycles. The smallest absolute Gasteiger partial charge is 0.393 e. The van der Waals surface area contributed by atoms with Gasteiger partial charge in [-0.05, 0) is 68.1 Å². The van der Waals surface area contributed by atoms with E-state index < -0.39 is 21.8 Å². The van der Waals surface area contributed by atoms with Crippen LogP contribution in [0.5, 0.6) is 0 Å². The summed E-state index contributed by atoms with van der Waals surface area (Å²) < 4.78 is 65.5. The zero-order valence-electron chi connectivity index (χ0n) is 15.8. The predicted molar refractivity (Wildman–Crippen MR) is 104 cm³/mol. The van der Waals surface area contributed by atoms with Crippen molar-refractivity contribution in [2.75, 3.05) is 4.72 Å². The van der Waals surface area contributed by atoms with Crippen LogP contribution >= 0.6 is 0 Å². The maximum Gasteiger partial charge on any atom is 0.416 e. The van der Waals surface area contributed by atoms with E-state index in [1.54, 1.807) is 0 Å². The molecule has 0 radical (unpaired) electrons. The zero-order valence-corrected chi connectivity index (χ0v) is 16.6. The lowest BCUT2D eigenvalue weighted by Gasteiger charge is -2.26. The van der Waals surface area contributed by atoms with Crippen molar-refractivity contribution in [3.8, 4) is 0 Å². The highest BCUT2D eigenvalue weighted by molar-refractivity contribution is 7.92. The summed E-state index contributed by atoms with van der Waals surface area (Å²) in [6, 6.07) is 8.95. The zero-order chi connectivity index (χ0) is 21.9. The van der Waals surface area contributed by atoms with Gasteiger partial charge < -0.3 is 10.4 Å². The van der Waals surface area contributed by atoms with Crippen LogP contribution in [0.4, 0.5) is 18.9 Å². The van der Waals surface area contributed by atoms with Crippen molar-refractivity contribution in [1.29, 1.82) is 0 Å². The van der Waals surface area contributed by atoms with Crippen LogP contribution in [0.3, 0.4) is 0 Å². The van der Waals surface area contributed by atoms with Crippen LogP contribution in [0.15, 0.2) is 53.4 Å². The minimum absolute atomic E-state index is 0.0492. The second kappa shape index (κ2) is 8.65. The number of halogens is 3. The van der Waals surface area contributed by atoms with E-state index in [-0.39, 0.29) is 34.2 Å². The average Bonchev–Trinajstić information content (AvgIpc) is 2.69. The predicted octanol–water partition coefficient (Wildman–Crippen LogP) is 3.54. The van der Waals surface area contributed by atoms with Crippen molar-refractivity contribution in [2.45, 2.75) is 48.9 Å². The molecule has 2 aromatic carbocycles. The number of benzene rings is 2. The molecule has 0 spiro atoms. The lowest BCUT2D eigenvalue weighted by atomic mass is 9.93. The molecule has 0 aromatic heterocycles. The van der Waals surface area contributed by atoms with E-state index in [9.17, 15) is 31.5 Å². The van der Waals surface area contributed by atoms with E-state index in [0.717, 1.165) is 12.1 Å². The third-order valence-electron chi connectivity index (χ3n) is 4.90. The third-order valence-corrected chi connectivity index (χ3v) is 6.30. The first kappa shape index (κ1) is 22.1. The van der Waals surface area contributed by atoms with Gasteiger partial charge in [0.1, 0.15) is 0 Å². The highest BCUT2D eigenvalue weighted by Crippen LogP contribution is 2.31. The highest BCUT2D eigenvalue weighted by atomic mass is 32.2. The summed E-state index contributed by atoms with van der Waals surface area (Å²) >= 11 is 0. The highest BCUT2D eigenvalue weighted by Gasteiger charge is 2.30. The van der Waals surface area contributed by atoms with Gasteiger partial charge in [0.2, 0.25) is 0 Å². The molecule has 3 N–H and O–H groups in total. The molecule has 0 atom stereocenters. The van der Waals surface area contributed by atoms with Gasteiger partial charge in [-0.15, -0.1) is 0 Å². The van der Waals surface area contributed by atoms with E-state index in [1.165, 1.54) is 30.3 Å². The molecule has 6 nitrogen and oxygen atoms in total. The molecule has 3 rings (SSSR count). The van der Waals surface area contributed by atoms with Gasteiger partial charge in [0, 0.05) is 17.3 Å². The Balaban J connectivity index is 1.68. The lowest BCUT2D eigenvalue weighted by molar-refractivity contribution is -0.137. The number of alkyl halides is 3. The number of nitrogens with one attached hydrogen (secondary N) is 2. The van der Waals surface area contributed by atoms with Crippen LogP contribution in [-0.2, 0) is 16.2 Å². The standard InChI is InChI=1S/C20H21F3N2O4S/c21-20(22,23)14-2-1-3-16(12-14)25-30(28,29)18-10-4-13(5-11-18)19(27)24-15-6-8-17(26)9-7-15/h1-5,10-12,15,17,25-26H,6-9H2,(H,24,27). The molecule has 1 aliphatic carbocycles. The largest absolute Gasteiger partial charge is 0.416 e. The maximum absolute atomic E-state index is 12.8. The van der Waals surface area contributed by atoms with Gasteiger partial charge in [0.05, 0.1) is 16.6 Å². The molecular weight excluding hydrogens is 421 g/mol. The van der Waals surface area contributed by atoms with Gasteiger partial charge in [-0.2, -0.15) is 13.2 Å². The van der Waals surface area contributed by atoms with Crippen molar-refractivity contribution in [2.24, 2.45) is 0 Å². The van der Waals surface area contributed by atoms with Crippen molar-refractivity contribution < 1.29 is 31.5 Å². The summed E-state index contributed by atoms with van der Waals surface area (Å²) in [5.74, 6) is -0.355. The number of amides is 1. The molecule has 0 saturated heterocycles. The van der Waals surface area contributed by atoms with Gasteiger partial charge in [0.25, 0.3) is 15.9 Å². The molecule has 10 heteroatoms. The summed E-state index contributed by atoms with van der Waals surface area (Å²) in [7, 11) is -4.13. The Morgan fingerprint density at radius 1 is 1.00 bits per heavy atom. The number of hydrogen-bond acceptors (Lipinski definition) is 4. The summed E-state index contributed by atoms with van der Waals surface area (Å²) in [6.45, 7) is 0. The van der Waals surface area contributed by atoms with E-state index in [1.807, 2.05) is 0 Å². The van der Waals surface area contributed by atoms with Gasteiger partial charge >= 0.3 is 6.18 Å². The topological polar surface area (TPSA) is 95.5 Å². The van der Waals surface area contributed by atoms with Gasteiger partial charge in [0.15, 0.2) is 0 Å². The number of sulfonamides is 1. The van der Waals surface area contributed by atoms with E-state index >= 15 is 0 Å². The van der Waals surface area contributed by atoms with Gasteiger partial charge in [-0.1, -0.05) is 6.07 Å². The van der Waals surface area contributed by atoms with Crippen LogP contribution in [0.2, 0.25) is 0 Å². The quantitative estimate of drug-likeness (QED) is 0.660. The SMILES string of the molecule is O=C(NC1CCC(O)CC1)c1ccc(S(=O)(=O)Nc2cccc(C(F)(F)F)c2)cc1. The normalized spacial score (nSPS) is 19.9. The van der Waals surface area contributed by atoms with E-state index in [0.29, 0.717) is 31.7 Å². The summed E-state index contributed by atoms with van der Waals surface area (Å²) in [6.07, 6.45) is -2.37. The van der Waals surface area contributed by atoms with Crippen molar-refractivity contribution in [3.05, 3.63) is 59.7 Å². The molecule has 2 aromatic rings.